The van der Waals surface area contributed by atoms with Crippen molar-refractivity contribution >= 4 is 39.0 Å². The molecule has 9 heteroatoms. The molecule has 3 heterocycles. The Balaban J connectivity index is 1.66. The molecule has 4 aromatic rings. The normalized spacial score (nSPS) is 15.9. The Labute approximate surface area is 169 Å². The van der Waals surface area contributed by atoms with Gasteiger partial charge >= 0.3 is 0 Å². The van der Waals surface area contributed by atoms with Gasteiger partial charge in [0.25, 0.3) is 5.69 Å². The van der Waals surface area contributed by atoms with E-state index in [2.05, 4.69) is 15.4 Å². The van der Waals surface area contributed by atoms with Gasteiger partial charge < -0.3 is 5.32 Å². The van der Waals surface area contributed by atoms with Gasteiger partial charge in [-0.25, -0.2) is 4.98 Å². The van der Waals surface area contributed by atoms with E-state index in [0.717, 1.165) is 27.0 Å². The third-order valence-corrected chi connectivity index (χ3v) is 6.06. The maximum atomic E-state index is 12.5. The second-order valence-corrected chi connectivity index (χ2v) is 7.89. The summed E-state index contributed by atoms with van der Waals surface area (Å²) in [5, 5.41) is 19.4. The Morgan fingerprint density at radius 1 is 1.24 bits per heavy atom. The number of aryl methyl sites for hydroxylation is 1. The van der Waals surface area contributed by atoms with Crippen LogP contribution in [0.4, 0.5) is 11.5 Å². The summed E-state index contributed by atoms with van der Waals surface area (Å²) >= 11 is 1.49. The topological polar surface area (TPSA) is 103 Å². The molecule has 1 aliphatic heterocycles. The molecule has 2 aromatic carbocycles. The van der Waals surface area contributed by atoms with Crippen molar-refractivity contribution in [2.24, 2.45) is 0 Å². The van der Waals surface area contributed by atoms with E-state index in [1.54, 1.807) is 10.7 Å². The van der Waals surface area contributed by atoms with Crippen molar-refractivity contribution in [3.05, 3.63) is 75.5 Å². The third kappa shape index (κ3) is 2.87. The van der Waals surface area contributed by atoms with Crippen LogP contribution >= 0.6 is 11.3 Å². The number of nitro benzene ring substituents is 1. The van der Waals surface area contributed by atoms with Crippen LogP contribution in [0.2, 0.25) is 0 Å². The smallest absolute Gasteiger partial charge is 0.269 e. The number of carbonyl (C=O) groups excluding carboxylic acids is 1. The Kier molecular flexibility index (Phi) is 3.92. The minimum Gasteiger partial charge on any atom is -0.310 e. The molecule has 0 fully saturated rings. The molecule has 29 heavy (non-hydrogen) atoms. The second kappa shape index (κ2) is 6.49. The summed E-state index contributed by atoms with van der Waals surface area (Å²) in [6, 6.07) is 14.2. The molecule has 0 saturated heterocycles. The van der Waals surface area contributed by atoms with Gasteiger partial charge in [0.05, 0.1) is 20.8 Å². The lowest BCUT2D eigenvalue weighted by molar-refractivity contribution is -0.384. The first-order valence-electron chi connectivity index (χ1n) is 9.01. The van der Waals surface area contributed by atoms with E-state index in [1.807, 2.05) is 37.3 Å². The molecule has 0 radical (unpaired) electrons. The van der Waals surface area contributed by atoms with Crippen LogP contribution < -0.4 is 5.32 Å². The van der Waals surface area contributed by atoms with E-state index in [0.29, 0.717) is 10.9 Å². The van der Waals surface area contributed by atoms with Crippen molar-refractivity contribution < 1.29 is 9.72 Å². The van der Waals surface area contributed by atoms with Crippen LogP contribution in [0.5, 0.6) is 0 Å². The number of nitro groups is 1. The van der Waals surface area contributed by atoms with Crippen LogP contribution in [0.1, 0.15) is 29.2 Å². The maximum Gasteiger partial charge on any atom is 0.269 e. The summed E-state index contributed by atoms with van der Waals surface area (Å²) < 4.78 is 2.69. The Bertz CT molecular complexity index is 1260. The molecular weight excluding hydrogens is 390 g/mol. The quantitative estimate of drug-likeness (QED) is 0.407. The van der Waals surface area contributed by atoms with Crippen molar-refractivity contribution in [3.63, 3.8) is 0 Å². The fraction of sp³-hybridized carbons (Fsp3) is 0.150. The molecule has 1 atom stereocenters. The molecule has 0 bridgehead atoms. The zero-order chi connectivity index (χ0) is 20.1. The highest BCUT2D eigenvalue weighted by atomic mass is 32.1. The zero-order valence-corrected chi connectivity index (χ0v) is 16.1. The number of fused-ring (bicyclic) bond motifs is 2. The summed E-state index contributed by atoms with van der Waals surface area (Å²) in [5.41, 5.74) is 3.22. The Morgan fingerprint density at radius 3 is 2.86 bits per heavy atom. The summed E-state index contributed by atoms with van der Waals surface area (Å²) in [4.78, 5) is 27.9. The predicted octanol–water partition coefficient (Wildman–Crippen LogP) is 4.17. The highest BCUT2D eigenvalue weighted by Crippen LogP contribution is 2.41. The van der Waals surface area contributed by atoms with E-state index in [1.165, 1.54) is 23.5 Å². The lowest BCUT2D eigenvalue weighted by atomic mass is 9.85. The van der Waals surface area contributed by atoms with E-state index < -0.39 is 4.92 Å². The number of nitrogens with one attached hydrogen (secondary N) is 1. The standard InChI is InChI=1S/C20H15N5O3S/c1-11-18-14(12-5-4-6-13(9-12)25(27)28)10-17(26)22-19(18)24(23-11)20-21-15-7-2-3-8-16(15)29-20/h2-9,14H,10H2,1H3,(H,22,26). The van der Waals surface area contributed by atoms with Crippen LogP contribution in [0, 0.1) is 17.0 Å². The first-order valence-corrected chi connectivity index (χ1v) is 9.82. The van der Waals surface area contributed by atoms with E-state index in [4.69, 9.17) is 0 Å². The van der Waals surface area contributed by atoms with Crippen molar-refractivity contribution in [2.45, 2.75) is 19.3 Å². The van der Waals surface area contributed by atoms with Crippen molar-refractivity contribution in [1.29, 1.82) is 0 Å². The van der Waals surface area contributed by atoms with Crippen molar-refractivity contribution in [1.82, 2.24) is 14.8 Å². The molecule has 1 aliphatic rings. The number of non-ortho nitro benzene ring substituents is 1. The van der Waals surface area contributed by atoms with E-state index >= 15 is 0 Å². The SMILES string of the molecule is Cc1nn(-c2nc3ccccc3s2)c2c1C(c1cccc([N+](=O)[O-])c1)CC(=O)N2. The zero-order valence-electron chi connectivity index (χ0n) is 15.3. The average molecular weight is 405 g/mol. The van der Waals surface area contributed by atoms with Crippen molar-refractivity contribution in [2.75, 3.05) is 5.32 Å². The van der Waals surface area contributed by atoms with Gasteiger partial charge in [0, 0.05) is 30.0 Å². The van der Waals surface area contributed by atoms with Gasteiger partial charge in [-0.15, -0.1) is 0 Å². The van der Waals surface area contributed by atoms with Crippen LogP contribution in [0.3, 0.4) is 0 Å². The lowest BCUT2D eigenvalue weighted by Gasteiger charge is -2.24. The minimum atomic E-state index is -0.426. The summed E-state index contributed by atoms with van der Waals surface area (Å²) in [6.07, 6.45) is 0.209. The third-order valence-electron chi connectivity index (χ3n) is 5.05. The number of rotatable bonds is 3. The van der Waals surface area contributed by atoms with Gasteiger partial charge in [0.2, 0.25) is 11.0 Å². The Hall–Kier alpha value is -3.59. The van der Waals surface area contributed by atoms with Crippen LogP contribution in [0.15, 0.2) is 48.5 Å². The molecule has 144 valence electrons. The molecule has 8 nitrogen and oxygen atoms in total. The maximum absolute atomic E-state index is 12.5. The van der Waals surface area contributed by atoms with E-state index in [-0.39, 0.29) is 23.9 Å². The van der Waals surface area contributed by atoms with Crippen LogP contribution in [-0.4, -0.2) is 25.6 Å². The monoisotopic (exact) mass is 405 g/mol. The molecule has 0 aliphatic carbocycles. The van der Waals surface area contributed by atoms with Gasteiger partial charge in [-0.1, -0.05) is 35.6 Å². The van der Waals surface area contributed by atoms with Gasteiger partial charge in [0.1, 0.15) is 5.82 Å². The fourth-order valence-electron chi connectivity index (χ4n) is 3.78. The van der Waals surface area contributed by atoms with Gasteiger partial charge in [-0.3, -0.25) is 14.9 Å². The molecule has 2 aromatic heterocycles. The van der Waals surface area contributed by atoms with Crippen LogP contribution in [-0.2, 0) is 4.79 Å². The predicted molar refractivity (Wildman–Crippen MR) is 110 cm³/mol. The second-order valence-electron chi connectivity index (χ2n) is 6.88. The fourth-order valence-corrected chi connectivity index (χ4v) is 4.70. The summed E-state index contributed by atoms with van der Waals surface area (Å²) in [5.74, 6) is 0.118. The highest BCUT2D eigenvalue weighted by molar-refractivity contribution is 7.20. The summed E-state index contributed by atoms with van der Waals surface area (Å²) in [7, 11) is 0. The Morgan fingerprint density at radius 2 is 2.07 bits per heavy atom. The van der Waals surface area contributed by atoms with Crippen molar-refractivity contribution in [3.8, 4) is 5.13 Å². The molecular formula is C20H15N5O3S. The van der Waals surface area contributed by atoms with Gasteiger partial charge in [0.15, 0.2) is 0 Å². The molecule has 0 saturated carbocycles. The van der Waals surface area contributed by atoms with Crippen LogP contribution in [0.25, 0.3) is 15.3 Å². The molecule has 1 unspecified atom stereocenters. The molecule has 0 spiro atoms. The molecule has 1 N–H and O–H groups in total. The minimum absolute atomic E-state index is 0.00579. The van der Waals surface area contributed by atoms with Gasteiger partial charge in [-0.2, -0.15) is 9.78 Å². The number of benzene rings is 2. The number of anilines is 1. The van der Waals surface area contributed by atoms with E-state index in [9.17, 15) is 14.9 Å². The largest absolute Gasteiger partial charge is 0.310 e. The molecule has 1 amide bonds. The van der Waals surface area contributed by atoms with Gasteiger partial charge in [-0.05, 0) is 24.6 Å². The number of hydrogen-bond acceptors (Lipinski definition) is 6. The number of amides is 1. The highest BCUT2D eigenvalue weighted by Gasteiger charge is 2.33. The summed E-state index contributed by atoms with van der Waals surface area (Å²) in [6.45, 7) is 1.88. The number of carbonyl (C=O) groups is 1. The lowest BCUT2D eigenvalue weighted by Crippen LogP contribution is -2.25. The average Bonchev–Trinajstić information content (AvgIpc) is 3.28. The number of para-hydroxylation sites is 1. The first-order chi connectivity index (χ1) is 14.0. The number of nitrogens with zero attached hydrogens (tertiary/aromatic N) is 4. The number of aromatic nitrogens is 3. The molecule has 5 rings (SSSR count). The number of thiazole rings is 1. The first kappa shape index (κ1) is 17.5. The number of hydrogen-bond donors (Lipinski definition) is 1.